The Morgan fingerprint density at radius 3 is 2.55 bits per heavy atom. The van der Waals surface area contributed by atoms with Crippen LogP contribution < -0.4 is 5.32 Å². The van der Waals surface area contributed by atoms with Crippen LogP contribution in [0.4, 0.5) is 0 Å². The highest BCUT2D eigenvalue weighted by Crippen LogP contribution is 2.12. The van der Waals surface area contributed by atoms with Crippen molar-refractivity contribution in [2.24, 2.45) is 0 Å². The number of allylic oxidation sites excluding steroid dienone is 2. The molecular weight excluding hydrogens is 254 g/mol. The van der Waals surface area contributed by atoms with Crippen molar-refractivity contribution < 1.29 is 14.6 Å². The molecule has 1 aromatic rings. The SMILES string of the molecule is C=C(/C=C(NCc1ccccc1)\C(=C/C)C(=O)O)OC. The van der Waals surface area contributed by atoms with E-state index in [1.165, 1.54) is 13.2 Å². The van der Waals surface area contributed by atoms with Gasteiger partial charge in [0.05, 0.1) is 18.4 Å². The van der Waals surface area contributed by atoms with E-state index in [1.54, 1.807) is 13.0 Å². The topological polar surface area (TPSA) is 58.6 Å². The van der Waals surface area contributed by atoms with Crippen LogP contribution in [0.2, 0.25) is 0 Å². The first-order valence-electron chi connectivity index (χ1n) is 6.20. The van der Waals surface area contributed by atoms with E-state index >= 15 is 0 Å². The van der Waals surface area contributed by atoms with E-state index < -0.39 is 5.97 Å². The van der Waals surface area contributed by atoms with Gasteiger partial charge in [0.1, 0.15) is 5.76 Å². The summed E-state index contributed by atoms with van der Waals surface area (Å²) in [5.74, 6) is -0.607. The third kappa shape index (κ3) is 4.65. The highest BCUT2D eigenvalue weighted by Gasteiger charge is 2.12. The van der Waals surface area contributed by atoms with Crippen molar-refractivity contribution in [2.75, 3.05) is 7.11 Å². The highest BCUT2D eigenvalue weighted by atomic mass is 16.5. The first-order valence-corrected chi connectivity index (χ1v) is 6.20. The first kappa shape index (κ1) is 15.6. The number of aliphatic carboxylic acids is 1. The zero-order valence-electron chi connectivity index (χ0n) is 11.7. The summed E-state index contributed by atoms with van der Waals surface area (Å²) >= 11 is 0. The quantitative estimate of drug-likeness (QED) is 0.455. The van der Waals surface area contributed by atoms with E-state index in [0.717, 1.165) is 5.56 Å². The molecule has 0 spiro atoms. The number of carboxylic acid groups (broad SMARTS) is 1. The van der Waals surface area contributed by atoms with Gasteiger partial charge in [-0.15, -0.1) is 0 Å². The number of benzene rings is 1. The Hall–Kier alpha value is -2.49. The Morgan fingerprint density at radius 2 is 2.05 bits per heavy atom. The van der Waals surface area contributed by atoms with Crippen LogP contribution in [0, 0.1) is 0 Å². The second-order valence-corrected chi connectivity index (χ2v) is 4.08. The molecule has 0 radical (unpaired) electrons. The van der Waals surface area contributed by atoms with E-state index in [1.807, 2.05) is 30.3 Å². The summed E-state index contributed by atoms with van der Waals surface area (Å²) in [4.78, 5) is 11.2. The number of carboxylic acids is 1. The zero-order chi connectivity index (χ0) is 15.0. The van der Waals surface area contributed by atoms with E-state index in [2.05, 4.69) is 11.9 Å². The lowest BCUT2D eigenvalue weighted by molar-refractivity contribution is -0.132. The summed E-state index contributed by atoms with van der Waals surface area (Å²) in [5, 5.41) is 12.3. The van der Waals surface area contributed by atoms with Crippen molar-refractivity contribution in [3.63, 3.8) is 0 Å². The van der Waals surface area contributed by atoms with Gasteiger partial charge in [0.15, 0.2) is 0 Å². The monoisotopic (exact) mass is 273 g/mol. The standard InChI is InChI=1S/C16H19NO3/c1-4-14(16(18)19)15(10-12(2)20-3)17-11-13-8-6-5-7-9-13/h4-10,17H,2,11H2,1,3H3,(H,18,19)/b14-4+,15-10+. The summed E-state index contributed by atoms with van der Waals surface area (Å²) in [5.41, 5.74) is 1.71. The van der Waals surface area contributed by atoms with Crippen molar-refractivity contribution in [3.8, 4) is 0 Å². The third-order valence-electron chi connectivity index (χ3n) is 2.70. The van der Waals surface area contributed by atoms with Crippen LogP contribution in [-0.2, 0) is 16.1 Å². The third-order valence-corrected chi connectivity index (χ3v) is 2.70. The molecule has 0 amide bonds. The number of hydrogen-bond donors (Lipinski definition) is 2. The fourth-order valence-corrected chi connectivity index (χ4v) is 1.63. The minimum atomic E-state index is -0.997. The van der Waals surface area contributed by atoms with E-state index in [-0.39, 0.29) is 5.57 Å². The fourth-order valence-electron chi connectivity index (χ4n) is 1.63. The van der Waals surface area contributed by atoms with E-state index in [4.69, 9.17) is 4.74 Å². The molecular formula is C16H19NO3. The maximum atomic E-state index is 11.2. The molecule has 0 bridgehead atoms. The van der Waals surface area contributed by atoms with Crippen molar-refractivity contribution in [1.82, 2.24) is 5.32 Å². The molecule has 0 atom stereocenters. The average molecular weight is 273 g/mol. The lowest BCUT2D eigenvalue weighted by Gasteiger charge is -2.12. The predicted octanol–water partition coefficient (Wildman–Crippen LogP) is 2.85. The smallest absolute Gasteiger partial charge is 0.337 e. The molecule has 2 N–H and O–H groups in total. The Labute approximate surface area is 119 Å². The summed E-state index contributed by atoms with van der Waals surface area (Å²) in [6.45, 7) is 5.88. The molecule has 106 valence electrons. The van der Waals surface area contributed by atoms with Crippen LogP contribution >= 0.6 is 0 Å². The van der Waals surface area contributed by atoms with Gasteiger partial charge < -0.3 is 15.2 Å². The molecule has 0 aliphatic rings. The van der Waals surface area contributed by atoms with Crippen LogP contribution in [0.15, 0.2) is 66.1 Å². The summed E-state index contributed by atoms with van der Waals surface area (Å²) in [6, 6.07) is 9.73. The van der Waals surface area contributed by atoms with Crippen LogP contribution in [0.3, 0.4) is 0 Å². The van der Waals surface area contributed by atoms with Gasteiger partial charge in [-0.05, 0) is 12.5 Å². The Bertz CT molecular complexity index is 530. The molecule has 1 rings (SSSR count). The number of hydrogen-bond acceptors (Lipinski definition) is 3. The minimum Gasteiger partial charge on any atom is -0.497 e. The molecule has 0 aliphatic heterocycles. The molecule has 1 aromatic carbocycles. The number of ether oxygens (including phenoxy) is 1. The largest absolute Gasteiger partial charge is 0.497 e. The van der Waals surface area contributed by atoms with E-state index in [9.17, 15) is 9.90 Å². The van der Waals surface area contributed by atoms with Crippen molar-refractivity contribution in [3.05, 3.63) is 71.7 Å². The maximum Gasteiger partial charge on any atom is 0.337 e. The maximum absolute atomic E-state index is 11.2. The molecule has 0 saturated heterocycles. The van der Waals surface area contributed by atoms with Crippen molar-refractivity contribution in [2.45, 2.75) is 13.5 Å². The first-order chi connectivity index (χ1) is 9.58. The van der Waals surface area contributed by atoms with Gasteiger partial charge in [-0.2, -0.15) is 0 Å². The van der Waals surface area contributed by atoms with Gasteiger partial charge in [0.25, 0.3) is 0 Å². The second kappa shape index (κ2) is 7.84. The second-order valence-electron chi connectivity index (χ2n) is 4.08. The highest BCUT2D eigenvalue weighted by molar-refractivity contribution is 5.91. The van der Waals surface area contributed by atoms with Crippen LogP contribution in [0.25, 0.3) is 0 Å². The normalized spacial score (nSPS) is 11.9. The number of carbonyl (C=O) groups is 1. The van der Waals surface area contributed by atoms with Crippen LogP contribution in [0.1, 0.15) is 12.5 Å². The van der Waals surface area contributed by atoms with Gasteiger partial charge in [-0.1, -0.05) is 43.0 Å². The molecule has 0 unspecified atom stereocenters. The molecule has 0 aliphatic carbocycles. The molecule has 0 heterocycles. The van der Waals surface area contributed by atoms with Gasteiger partial charge in [-0.25, -0.2) is 4.79 Å². The zero-order valence-corrected chi connectivity index (χ0v) is 11.7. The number of rotatable bonds is 7. The number of nitrogens with one attached hydrogen (secondary N) is 1. The van der Waals surface area contributed by atoms with Gasteiger partial charge in [0.2, 0.25) is 0 Å². The van der Waals surface area contributed by atoms with Gasteiger partial charge in [0, 0.05) is 12.6 Å². The van der Waals surface area contributed by atoms with Crippen molar-refractivity contribution >= 4 is 5.97 Å². The summed E-state index contributed by atoms with van der Waals surface area (Å²) < 4.78 is 4.98. The van der Waals surface area contributed by atoms with Crippen molar-refractivity contribution in [1.29, 1.82) is 0 Å². The molecule has 0 saturated carbocycles. The van der Waals surface area contributed by atoms with Crippen LogP contribution in [0.5, 0.6) is 0 Å². The predicted molar refractivity (Wildman–Crippen MR) is 78.9 cm³/mol. The molecule has 4 nitrogen and oxygen atoms in total. The average Bonchev–Trinajstić information content (AvgIpc) is 2.45. The molecule has 0 aromatic heterocycles. The Balaban J connectivity index is 2.92. The Morgan fingerprint density at radius 1 is 1.40 bits per heavy atom. The number of methoxy groups -OCH3 is 1. The minimum absolute atomic E-state index is 0.180. The summed E-state index contributed by atoms with van der Waals surface area (Å²) in [7, 11) is 1.49. The van der Waals surface area contributed by atoms with Gasteiger partial charge >= 0.3 is 5.97 Å². The lowest BCUT2D eigenvalue weighted by Crippen LogP contribution is -2.19. The Kier molecular flexibility index (Phi) is 6.10. The summed E-state index contributed by atoms with van der Waals surface area (Å²) in [6.07, 6.45) is 3.11. The molecule has 4 heteroatoms. The van der Waals surface area contributed by atoms with Crippen LogP contribution in [-0.4, -0.2) is 18.2 Å². The lowest BCUT2D eigenvalue weighted by atomic mass is 10.1. The van der Waals surface area contributed by atoms with Gasteiger partial charge in [-0.3, -0.25) is 0 Å². The molecule has 0 fully saturated rings. The van der Waals surface area contributed by atoms with E-state index in [0.29, 0.717) is 18.0 Å². The molecule has 20 heavy (non-hydrogen) atoms. The fraction of sp³-hybridized carbons (Fsp3) is 0.188.